The van der Waals surface area contributed by atoms with Gasteiger partial charge in [-0.05, 0) is 30.5 Å². The van der Waals surface area contributed by atoms with E-state index in [4.69, 9.17) is 11.6 Å². The minimum atomic E-state index is -0.408. The number of halogens is 2. The third-order valence-electron chi connectivity index (χ3n) is 4.43. The summed E-state index contributed by atoms with van der Waals surface area (Å²) in [4.78, 5) is 11.5. The lowest BCUT2D eigenvalue weighted by Crippen LogP contribution is -2.32. The van der Waals surface area contributed by atoms with E-state index < -0.39 is 5.56 Å². The van der Waals surface area contributed by atoms with Crippen molar-refractivity contribution in [2.75, 3.05) is 11.9 Å². The summed E-state index contributed by atoms with van der Waals surface area (Å²) >= 11 is 6.00. The van der Waals surface area contributed by atoms with E-state index in [9.17, 15) is 9.18 Å². The predicted molar refractivity (Wildman–Crippen MR) is 84.9 cm³/mol. The molecule has 2 N–H and O–H groups in total. The molecule has 0 radical (unpaired) electrons. The molecule has 3 rings (SSSR count). The summed E-state index contributed by atoms with van der Waals surface area (Å²) in [6, 6.07) is 6.69. The molecule has 22 heavy (non-hydrogen) atoms. The van der Waals surface area contributed by atoms with Crippen molar-refractivity contribution in [1.82, 2.24) is 10.2 Å². The van der Waals surface area contributed by atoms with Crippen LogP contribution in [0.1, 0.15) is 31.2 Å². The Hall–Kier alpha value is -1.88. The van der Waals surface area contributed by atoms with E-state index >= 15 is 0 Å². The van der Waals surface area contributed by atoms with Crippen LogP contribution in [0.2, 0.25) is 5.02 Å². The van der Waals surface area contributed by atoms with Gasteiger partial charge in [0.25, 0.3) is 5.56 Å². The van der Waals surface area contributed by atoms with Crippen LogP contribution in [-0.4, -0.2) is 16.7 Å². The smallest absolute Gasteiger partial charge is 0.285 e. The van der Waals surface area contributed by atoms with E-state index in [1.807, 2.05) is 12.1 Å². The highest BCUT2D eigenvalue weighted by Crippen LogP contribution is 2.41. The van der Waals surface area contributed by atoms with Crippen LogP contribution in [0.3, 0.4) is 0 Å². The van der Waals surface area contributed by atoms with Crippen LogP contribution in [-0.2, 0) is 5.41 Å². The lowest BCUT2D eigenvalue weighted by molar-refractivity contribution is 0.465. The third kappa shape index (κ3) is 2.86. The molecule has 0 spiro atoms. The lowest BCUT2D eigenvalue weighted by Gasteiger charge is -2.30. The zero-order valence-corrected chi connectivity index (χ0v) is 12.8. The first-order chi connectivity index (χ1) is 10.6. The number of nitrogens with one attached hydrogen (secondary N) is 2. The second kappa shape index (κ2) is 6.08. The zero-order valence-electron chi connectivity index (χ0n) is 12.0. The van der Waals surface area contributed by atoms with Crippen LogP contribution in [0.15, 0.2) is 35.3 Å². The monoisotopic (exact) mass is 321 g/mol. The average molecular weight is 322 g/mol. The molecule has 0 bridgehead atoms. The molecule has 1 aromatic heterocycles. The minimum Gasteiger partial charge on any atom is -0.381 e. The largest absolute Gasteiger partial charge is 0.381 e. The lowest BCUT2D eigenvalue weighted by atomic mass is 9.79. The molecule has 0 aliphatic heterocycles. The van der Waals surface area contributed by atoms with E-state index in [0.29, 0.717) is 12.2 Å². The van der Waals surface area contributed by atoms with Gasteiger partial charge in [0.05, 0.1) is 11.9 Å². The van der Waals surface area contributed by atoms with Gasteiger partial charge in [0.1, 0.15) is 10.8 Å². The first-order valence-electron chi connectivity index (χ1n) is 7.34. The van der Waals surface area contributed by atoms with E-state index in [0.717, 1.165) is 31.2 Å². The maximum atomic E-state index is 13.2. The van der Waals surface area contributed by atoms with Gasteiger partial charge in [-0.2, -0.15) is 5.10 Å². The Bertz CT molecular complexity index is 708. The number of H-pyrrole nitrogens is 1. The highest BCUT2D eigenvalue weighted by Gasteiger charge is 2.35. The molecule has 1 heterocycles. The third-order valence-corrected chi connectivity index (χ3v) is 4.81. The normalized spacial score (nSPS) is 16.6. The zero-order chi connectivity index (χ0) is 15.6. The molecule has 0 unspecified atom stereocenters. The fourth-order valence-electron chi connectivity index (χ4n) is 3.19. The number of aromatic nitrogens is 2. The van der Waals surface area contributed by atoms with E-state index in [1.165, 1.54) is 18.3 Å². The summed E-state index contributed by atoms with van der Waals surface area (Å²) in [5, 5.41) is 9.41. The van der Waals surface area contributed by atoms with Crippen LogP contribution < -0.4 is 10.9 Å². The molecule has 4 nitrogen and oxygen atoms in total. The Morgan fingerprint density at radius 2 is 1.95 bits per heavy atom. The van der Waals surface area contributed by atoms with Crippen molar-refractivity contribution in [3.63, 3.8) is 0 Å². The number of rotatable bonds is 4. The van der Waals surface area contributed by atoms with Gasteiger partial charge in [-0.3, -0.25) is 4.79 Å². The maximum Gasteiger partial charge on any atom is 0.285 e. The Labute approximate surface area is 132 Å². The highest BCUT2D eigenvalue weighted by atomic mass is 35.5. The molecule has 2 aromatic rings. The number of aromatic amines is 1. The summed E-state index contributed by atoms with van der Waals surface area (Å²) in [5.74, 6) is -0.230. The minimum absolute atomic E-state index is 0.0559. The molecule has 0 atom stereocenters. The number of benzene rings is 1. The fourth-order valence-corrected chi connectivity index (χ4v) is 3.35. The van der Waals surface area contributed by atoms with Crippen LogP contribution in [0, 0.1) is 5.82 Å². The van der Waals surface area contributed by atoms with Crippen molar-refractivity contribution in [3.8, 4) is 0 Å². The fraction of sp³-hybridized carbons (Fsp3) is 0.375. The topological polar surface area (TPSA) is 57.8 Å². The summed E-state index contributed by atoms with van der Waals surface area (Å²) in [7, 11) is 0. The van der Waals surface area contributed by atoms with Crippen molar-refractivity contribution in [3.05, 3.63) is 57.2 Å². The van der Waals surface area contributed by atoms with Crippen LogP contribution in [0.25, 0.3) is 0 Å². The molecule has 1 saturated carbocycles. The first kappa shape index (κ1) is 15.0. The van der Waals surface area contributed by atoms with Crippen molar-refractivity contribution in [2.45, 2.75) is 31.1 Å². The molecule has 0 saturated heterocycles. The molecule has 6 heteroatoms. The molecule has 1 aliphatic rings. The van der Waals surface area contributed by atoms with Crippen molar-refractivity contribution in [1.29, 1.82) is 0 Å². The number of nitrogens with zero attached hydrogens (tertiary/aromatic N) is 1. The van der Waals surface area contributed by atoms with E-state index in [-0.39, 0.29) is 16.3 Å². The van der Waals surface area contributed by atoms with Gasteiger partial charge in [0, 0.05) is 12.0 Å². The summed E-state index contributed by atoms with van der Waals surface area (Å²) in [6.45, 7) is 0.642. The van der Waals surface area contributed by atoms with Gasteiger partial charge in [0.2, 0.25) is 0 Å². The van der Waals surface area contributed by atoms with Gasteiger partial charge in [-0.25, -0.2) is 9.49 Å². The number of anilines is 1. The van der Waals surface area contributed by atoms with Gasteiger partial charge in [-0.15, -0.1) is 0 Å². The van der Waals surface area contributed by atoms with Gasteiger partial charge in [-0.1, -0.05) is 36.6 Å². The molecule has 1 aliphatic carbocycles. The number of hydrogen-bond donors (Lipinski definition) is 2. The van der Waals surface area contributed by atoms with Crippen LogP contribution in [0.4, 0.5) is 10.1 Å². The quantitative estimate of drug-likeness (QED) is 0.906. The summed E-state index contributed by atoms with van der Waals surface area (Å²) < 4.78 is 13.2. The summed E-state index contributed by atoms with van der Waals surface area (Å²) in [6.07, 6.45) is 5.84. The Morgan fingerprint density at radius 3 is 2.64 bits per heavy atom. The standard InChI is InChI=1S/C16H17ClFN3O/c17-14-13(9-20-21-15(14)22)19-10-16(7-1-2-8-16)11-3-5-12(18)6-4-11/h3-6,9H,1-2,7-8,10H2,(H2,19,21,22). The van der Waals surface area contributed by atoms with E-state index in [2.05, 4.69) is 15.5 Å². The highest BCUT2D eigenvalue weighted by molar-refractivity contribution is 6.32. The van der Waals surface area contributed by atoms with Gasteiger partial charge < -0.3 is 5.32 Å². The van der Waals surface area contributed by atoms with Crippen LogP contribution >= 0.6 is 11.6 Å². The second-order valence-corrected chi connectivity index (χ2v) is 6.15. The number of hydrogen-bond acceptors (Lipinski definition) is 3. The summed E-state index contributed by atoms with van der Waals surface area (Å²) in [5.41, 5.74) is 1.18. The first-order valence-corrected chi connectivity index (χ1v) is 7.72. The molecular weight excluding hydrogens is 305 g/mol. The van der Waals surface area contributed by atoms with Crippen LogP contribution in [0.5, 0.6) is 0 Å². The molecule has 0 amide bonds. The van der Waals surface area contributed by atoms with Crippen molar-refractivity contribution >= 4 is 17.3 Å². The van der Waals surface area contributed by atoms with Crippen molar-refractivity contribution in [2.24, 2.45) is 0 Å². The van der Waals surface area contributed by atoms with Gasteiger partial charge >= 0.3 is 0 Å². The average Bonchev–Trinajstić information content (AvgIpc) is 2.99. The molecule has 1 aromatic carbocycles. The Morgan fingerprint density at radius 1 is 1.27 bits per heavy atom. The van der Waals surface area contributed by atoms with Crippen molar-refractivity contribution < 1.29 is 4.39 Å². The Kier molecular flexibility index (Phi) is 4.16. The van der Waals surface area contributed by atoms with E-state index in [1.54, 1.807) is 0 Å². The maximum absolute atomic E-state index is 13.2. The van der Waals surface area contributed by atoms with Gasteiger partial charge in [0.15, 0.2) is 0 Å². The molecule has 116 valence electrons. The molecular formula is C16H17ClFN3O. The second-order valence-electron chi connectivity index (χ2n) is 5.77. The SMILES string of the molecule is O=c1[nH]ncc(NCC2(c3ccc(F)cc3)CCCC2)c1Cl. The Balaban J connectivity index is 1.84. The molecule has 1 fully saturated rings. The predicted octanol–water partition coefficient (Wildman–Crippen LogP) is 3.49.